The Hall–Kier alpha value is -0.910. The average molecular weight is 309 g/mol. The van der Waals surface area contributed by atoms with E-state index in [2.05, 4.69) is 23.7 Å². The first kappa shape index (κ1) is 15.0. The molecular formula is C16H23NO3S. The summed E-state index contributed by atoms with van der Waals surface area (Å²) in [6.45, 7) is 4.06. The molecular weight excluding hydrogens is 286 g/mol. The van der Waals surface area contributed by atoms with Gasteiger partial charge in [-0.2, -0.15) is 0 Å². The third-order valence-electron chi connectivity index (χ3n) is 3.93. The van der Waals surface area contributed by atoms with Crippen molar-refractivity contribution in [1.29, 1.82) is 0 Å². The van der Waals surface area contributed by atoms with E-state index in [-0.39, 0.29) is 0 Å². The zero-order valence-electron chi connectivity index (χ0n) is 12.5. The van der Waals surface area contributed by atoms with Gasteiger partial charge in [0.15, 0.2) is 11.5 Å². The van der Waals surface area contributed by atoms with E-state index in [9.17, 15) is 0 Å². The molecule has 21 heavy (non-hydrogen) atoms. The molecule has 1 fully saturated rings. The topological polar surface area (TPSA) is 39.7 Å². The number of thioether (sulfide) groups is 1. The highest BCUT2D eigenvalue weighted by molar-refractivity contribution is 7.98. The van der Waals surface area contributed by atoms with Crippen molar-refractivity contribution in [2.24, 2.45) is 0 Å². The first-order valence-corrected chi connectivity index (χ1v) is 8.88. The van der Waals surface area contributed by atoms with Gasteiger partial charge < -0.3 is 19.5 Å². The number of rotatable bonds is 6. The SMILES string of the molecule is CSc1cc2c(cc1CNCCC1CCCO1)OCCO2. The van der Waals surface area contributed by atoms with Crippen LogP contribution in [0.2, 0.25) is 0 Å². The standard InChI is InChI=1S/C16H23NO3S/c1-21-16-10-15-14(19-7-8-20-15)9-12(16)11-17-5-4-13-3-2-6-18-13/h9-10,13,17H,2-8,11H2,1H3. The van der Waals surface area contributed by atoms with Crippen molar-refractivity contribution in [2.45, 2.75) is 36.8 Å². The minimum Gasteiger partial charge on any atom is -0.486 e. The summed E-state index contributed by atoms with van der Waals surface area (Å²) in [4.78, 5) is 1.25. The van der Waals surface area contributed by atoms with E-state index in [0.717, 1.165) is 37.6 Å². The Balaban J connectivity index is 1.56. The van der Waals surface area contributed by atoms with Crippen LogP contribution in [0.1, 0.15) is 24.8 Å². The van der Waals surface area contributed by atoms with Crippen LogP contribution in [0.15, 0.2) is 17.0 Å². The van der Waals surface area contributed by atoms with E-state index in [4.69, 9.17) is 14.2 Å². The molecule has 4 nitrogen and oxygen atoms in total. The molecule has 0 aromatic heterocycles. The summed E-state index contributed by atoms with van der Waals surface area (Å²) < 4.78 is 17.0. The van der Waals surface area contributed by atoms with Gasteiger partial charge in [-0.3, -0.25) is 0 Å². The number of hydrogen-bond donors (Lipinski definition) is 1. The predicted octanol–water partition coefficient (Wildman–Crippen LogP) is 2.84. The van der Waals surface area contributed by atoms with Crippen molar-refractivity contribution >= 4 is 11.8 Å². The summed E-state index contributed by atoms with van der Waals surface area (Å²) >= 11 is 1.75. The molecule has 1 N–H and O–H groups in total. The zero-order chi connectivity index (χ0) is 14.5. The van der Waals surface area contributed by atoms with Crippen molar-refractivity contribution in [3.8, 4) is 11.5 Å². The summed E-state index contributed by atoms with van der Waals surface area (Å²) in [5.41, 5.74) is 1.28. The summed E-state index contributed by atoms with van der Waals surface area (Å²) in [5.74, 6) is 1.74. The summed E-state index contributed by atoms with van der Waals surface area (Å²) in [6, 6.07) is 4.20. The first-order valence-electron chi connectivity index (χ1n) is 7.65. The van der Waals surface area contributed by atoms with Gasteiger partial charge >= 0.3 is 0 Å². The highest BCUT2D eigenvalue weighted by Gasteiger charge is 2.16. The molecule has 5 heteroatoms. The smallest absolute Gasteiger partial charge is 0.162 e. The van der Waals surface area contributed by atoms with E-state index in [0.29, 0.717) is 19.3 Å². The van der Waals surface area contributed by atoms with E-state index < -0.39 is 0 Å². The second-order valence-electron chi connectivity index (χ2n) is 5.41. The van der Waals surface area contributed by atoms with Crippen LogP contribution in [0.3, 0.4) is 0 Å². The molecule has 2 heterocycles. The average Bonchev–Trinajstić information content (AvgIpc) is 3.04. The van der Waals surface area contributed by atoms with Crippen LogP contribution < -0.4 is 14.8 Å². The molecule has 1 saturated heterocycles. The zero-order valence-corrected chi connectivity index (χ0v) is 13.3. The Morgan fingerprint density at radius 3 is 2.71 bits per heavy atom. The summed E-state index contributed by atoms with van der Waals surface area (Å²) in [5, 5.41) is 3.52. The minimum absolute atomic E-state index is 0.456. The summed E-state index contributed by atoms with van der Waals surface area (Å²) in [7, 11) is 0. The van der Waals surface area contributed by atoms with Crippen molar-refractivity contribution in [1.82, 2.24) is 5.32 Å². The predicted molar refractivity (Wildman–Crippen MR) is 84.5 cm³/mol. The molecule has 0 bridgehead atoms. The molecule has 0 amide bonds. The molecule has 2 aliphatic heterocycles. The van der Waals surface area contributed by atoms with Crippen molar-refractivity contribution in [3.05, 3.63) is 17.7 Å². The maximum absolute atomic E-state index is 5.67. The quantitative estimate of drug-likeness (QED) is 0.646. The van der Waals surface area contributed by atoms with Crippen LogP contribution in [-0.4, -0.2) is 38.7 Å². The van der Waals surface area contributed by atoms with Crippen LogP contribution in [0.4, 0.5) is 0 Å². The Morgan fingerprint density at radius 1 is 1.19 bits per heavy atom. The van der Waals surface area contributed by atoms with Crippen molar-refractivity contribution < 1.29 is 14.2 Å². The number of fused-ring (bicyclic) bond motifs is 1. The fraction of sp³-hybridized carbons (Fsp3) is 0.625. The third-order valence-corrected chi connectivity index (χ3v) is 4.75. The van der Waals surface area contributed by atoms with Crippen molar-refractivity contribution in [3.63, 3.8) is 0 Å². The van der Waals surface area contributed by atoms with Gasteiger partial charge in [0.25, 0.3) is 0 Å². The Morgan fingerprint density at radius 2 is 2.00 bits per heavy atom. The lowest BCUT2D eigenvalue weighted by Crippen LogP contribution is -2.21. The molecule has 1 aromatic carbocycles. The van der Waals surface area contributed by atoms with Gasteiger partial charge in [-0.15, -0.1) is 11.8 Å². The number of benzene rings is 1. The monoisotopic (exact) mass is 309 g/mol. The highest BCUT2D eigenvalue weighted by Crippen LogP contribution is 2.36. The lowest BCUT2D eigenvalue weighted by atomic mass is 10.1. The molecule has 0 spiro atoms. The lowest BCUT2D eigenvalue weighted by Gasteiger charge is -2.21. The van der Waals surface area contributed by atoms with Gasteiger partial charge in [-0.25, -0.2) is 0 Å². The molecule has 0 aliphatic carbocycles. The van der Waals surface area contributed by atoms with Crippen LogP contribution in [0.5, 0.6) is 11.5 Å². The highest BCUT2D eigenvalue weighted by atomic mass is 32.2. The molecule has 2 aliphatic rings. The Labute approximate surface area is 130 Å². The van der Waals surface area contributed by atoms with Gasteiger partial charge in [-0.1, -0.05) is 0 Å². The van der Waals surface area contributed by atoms with E-state index in [1.165, 1.54) is 23.3 Å². The molecule has 1 aromatic rings. The Kier molecular flexibility index (Phi) is 5.27. The minimum atomic E-state index is 0.456. The molecule has 1 atom stereocenters. The summed E-state index contributed by atoms with van der Waals surface area (Å²) in [6.07, 6.45) is 6.07. The molecule has 3 rings (SSSR count). The van der Waals surface area contributed by atoms with Crippen LogP contribution in [-0.2, 0) is 11.3 Å². The fourth-order valence-electron chi connectivity index (χ4n) is 2.80. The third kappa shape index (κ3) is 3.84. The number of nitrogens with one attached hydrogen (secondary N) is 1. The van der Waals surface area contributed by atoms with Crippen molar-refractivity contribution in [2.75, 3.05) is 32.6 Å². The molecule has 116 valence electrons. The number of hydrogen-bond acceptors (Lipinski definition) is 5. The van der Waals surface area contributed by atoms with Gasteiger partial charge in [0.05, 0.1) is 6.10 Å². The van der Waals surface area contributed by atoms with E-state index >= 15 is 0 Å². The van der Waals surface area contributed by atoms with Gasteiger partial charge in [0.2, 0.25) is 0 Å². The molecule has 1 unspecified atom stereocenters. The second-order valence-corrected chi connectivity index (χ2v) is 6.26. The largest absolute Gasteiger partial charge is 0.486 e. The molecule has 0 saturated carbocycles. The Bertz CT molecular complexity index is 475. The first-order chi connectivity index (χ1) is 10.4. The maximum Gasteiger partial charge on any atom is 0.162 e. The van der Waals surface area contributed by atoms with Gasteiger partial charge in [0.1, 0.15) is 13.2 Å². The number of ether oxygens (including phenoxy) is 3. The van der Waals surface area contributed by atoms with Crippen LogP contribution >= 0.6 is 11.8 Å². The maximum atomic E-state index is 5.67. The van der Waals surface area contributed by atoms with Gasteiger partial charge in [0, 0.05) is 18.0 Å². The van der Waals surface area contributed by atoms with Gasteiger partial charge in [-0.05, 0) is 49.8 Å². The van der Waals surface area contributed by atoms with E-state index in [1.807, 2.05) is 0 Å². The lowest BCUT2D eigenvalue weighted by molar-refractivity contribution is 0.104. The van der Waals surface area contributed by atoms with Crippen LogP contribution in [0.25, 0.3) is 0 Å². The molecule has 0 radical (unpaired) electrons. The fourth-order valence-corrected chi connectivity index (χ4v) is 3.42. The normalized spacial score (nSPS) is 20.7. The van der Waals surface area contributed by atoms with Crippen LogP contribution in [0, 0.1) is 0 Å². The van der Waals surface area contributed by atoms with E-state index in [1.54, 1.807) is 11.8 Å². The second kappa shape index (κ2) is 7.38.